The van der Waals surface area contributed by atoms with E-state index in [1.165, 1.54) is 6.07 Å². The Morgan fingerprint density at radius 1 is 1.15 bits per heavy atom. The Morgan fingerprint density at radius 3 is 2.55 bits per heavy atom. The minimum absolute atomic E-state index is 0.0517. The third kappa shape index (κ3) is 4.25. The topological polar surface area (TPSA) is 206 Å². The van der Waals surface area contributed by atoms with Crippen LogP contribution in [0.3, 0.4) is 0 Å². The first-order valence-electron chi connectivity index (χ1n) is 9.80. The van der Waals surface area contributed by atoms with Crippen LogP contribution in [-0.4, -0.2) is 56.3 Å². The van der Waals surface area contributed by atoms with E-state index in [0.717, 1.165) is 6.07 Å². The van der Waals surface area contributed by atoms with Crippen molar-refractivity contribution in [3.63, 3.8) is 0 Å². The third-order valence-electron chi connectivity index (χ3n) is 5.12. The fourth-order valence-corrected chi connectivity index (χ4v) is 6.77. The zero-order chi connectivity index (χ0) is 24.0. The summed E-state index contributed by atoms with van der Waals surface area (Å²) < 4.78 is 51.7. The van der Waals surface area contributed by atoms with E-state index >= 15 is 0 Å². The molecule has 1 aliphatic heterocycles. The second kappa shape index (κ2) is 8.30. The zero-order valence-corrected chi connectivity index (χ0v) is 19.1. The number of aromatic amines is 1. The van der Waals surface area contributed by atoms with Crippen LogP contribution in [0.2, 0.25) is 0 Å². The maximum Gasteiger partial charge on any atom is 0.240 e. The molecule has 0 fully saturated rings. The second-order valence-corrected chi connectivity index (χ2v) is 10.9. The predicted octanol–water partition coefficient (Wildman–Crippen LogP) is 1.17. The number of hydrogen-bond acceptors (Lipinski definition) is 10. The summed E-state index contributed by atoms with van der Waals surface area (Å²) in [6, 6.07) is 7.70. The number of imidazole rings is 1. The van der Waals surface area contributed by atoms with Gasteiger partial charge in [-0.15, -0.1) is 5.11 Å². The number of rotatable bonds is 7. The molecule has 0 aliphatic carbocycles. The number of azo groups is 1. The first-order valence-corrected chi connectivity index (χ1v) is 13.0. The number of primary sulfonamides is 1. The fourth-order valence-electron chi connectivity index (χ4n) is 3.62. The van der Waals surface area contributed by atoms with Gasteiger partial charge in [-0.3, -0.25) is 0 Å². The number of amidine groups is 1. The molecule has 3 aromatic rings. The molecule has 1 aliphatic rings. The SMILES string of the molecule is CC[C@H](O)CS(=O)(=O)c1ccc(-c2cccc3[nH]c(N)nc23)c(C2=NCN=N2)c1S(N)(=O)=O. The molecule has 0 radical (unpaired) electrons. The maximum absolute atomic E-state index is 13.1. The lowest BCUT2D eigenvalue weighted by molar-refractivity contribution is 0.193. The van der Waals surface area contributed by atoms with Gasteiger partial charge in [0.25, 0.3) is 0 Å². The number of nitrogen functional groups attached to an aromatic ring is 1. The van der Waals surface area contributed by atoms with Crippen LogP contribution in [0.15, 0.2) is 55.3 Å². The average molecular weight is 492 g/mol. The zero-order valence-electron chi connectivity index (χ0n) is 17.4. The second-order valence-electron chi connectivity index (χ2n) is 7.39. The van der Waals surface area contributed by atoms with Crippen molar-refractivity contribution in [1.29, 1.82) is 0 Å². The van der Waals surface area contributed by atoms with Gasteiger partial charge in [0.05, 0.1) is 33.3 Å². The number of hydrogen-bond donors (Lipinski definition) is 4. The summed E-state index contributed by atoms with van der Waals surface area (Å²) in [5, 5.41) is 23.2. The molecular weight excluding hydrogens is 470 g/mol. The van der Waals surface area contributed by atoms with Gasteiger partial charge in [-0.05, 0) is 24.1 Å². The number of sulfonamides is 1. The van der Waals surface area contributed by atoms with Crippen LogP contribution in [0, 0.1) is 0 Å². The summed E-state index contributed by atoms with van der Waals surface area (Å²) in [7, 11) is -8.86. The molecule has 1 atom stereocenters. The standard InChI is InChI=1S/C19H21N7O5S2/c1-2-10(27)8-32(28,29)14-7-6-11(12-4-3-5-13-16(12)25-19(20)24-13)15(17(14)33(21,30)31)18-22-9-23-26-18/h3-7,10,27H,2,8-9H2,1H3,(H3,20,24,25)(H2,21,30,31)/t10-/m0/s1. The molecule has 174 valence electrons. The summed E-state index contributed by atoms with van der Waals surface area (Å²) in [6.45, 7) is 1.56. The fraction of sp³-hybridized carbons (Fsp3) is 0.263. The lowest BCUT2D eigenvalue weighted by Gasteiger charge is -2.18. The number of fused-ring (bicyclic) bond motifs is 1. The van der Waals surface area contributed by atoms with Gasteiger partial charge in [0.2, 0.25) is 10.0 Å². The van der Waals surface area contributed by atoms with Gasteiger partial charge in [-0.25, -0.2) is 32.0 Å². The van der Waals surface area contributed by atoms with E-state index < -0.39 is 41.5 Å². The van der Waals surface area contributed by atoms with Crippen LogP contribution in [0.25, 0.3) is 22.2 Å². The summed E-state index contributed by atoms with van der Waals surface area (Å²) in [4.78, 5) is 10.1. The van der Waals surface area contributed by atoms with E-state index in [2.05, 4.69) is 25.2 Å². The Hall–Kier alpha value is -3.20. The number of aromatic nitrogens is 2. The van der Waals surface area contributed by atoms with Crippen molar-refractivity contribution >= 4 is 42.7 Å². The van der Waals surface area contributed by atoms with Crippen LogP contribution in [0.5, 0.6) is 0 Å². The van der Waals surface area contributed by atoms with Crippen LogP contribution in [0.4, 0.5) is 5.95 Å². The van der Waals surface area contributed by atoms with Gasteiger partial charge in [0, 0.05) is 5.56 Å². The highest BCUT2D eigenvalue weighted by molar-refractivity contribution is 7.93. The predicted molar refractivity (Wildman–Crippen MR) is 122 cm³/mol. The van der Waals surface area contributed by atoms with Crippen molar-refractivity contribution in [2.75, 3.05) is 18.2 Å². The van der Waals surface area contributed by atoms with Gasteiger partial charge in [0.1, 0.15) is 4.90 Å². The molecule has 2 aromatic carbocycles. The minimum atomic E-state index is -4.60. The highest BCUT2D eigenvalue weighted by Gasteiger charge is 2.33. The molecule has 1 aromatic heterocycles. The van der Waals surface area contributed by atoms with Crippen molar-refractivity contribution in [2.24, 2.45) is 20.4 Å². The summed E-state index contributed by atoms with van der Waals surface area (Å²) in [6.07, 6.45) is -1.02. The Kier molecular flexibility index (Phi) is 5.78. The number of sulfone groups is 1. The molecule has 33 heavy (non-hydrogen) atoms. The highest BCUT2D eigenvalue weighted by Crippen LogP contribution is 2.38. The van der Waals surface area contributed by atoms with E-state index in [4.69, 9.17) is 10.9 Å². The van der Waals surface area contributed by atoms with Crippen molar-refractivity contribution in [1.82, 2.24) is 9.97 Å². The maximum atomic E-state index is 13.1. The summed E-state index contributed by atoms with van der Waals surface area (Å²) in [5.41, 5.74) is 7.45. The number of anilines is 1. The van der Waals surface area contributed by atoms with Gasteiger partial charge in [-0.2, -0.15) is 5.11 Å². The summed E-state index contributed by atoms with van der Waals surface area (Å²) >= 11 is 0. The molecule has 14 heteroatoms. The number of aliphatic imine (C=N–C) groups is 1. The first kappa shape index (κ1) is 23.0. The molecule has 6 N–H and O–H groups in total. The number of nitrogens with one attached hydrogen (secondary N) is 1. The lowest BCUT2D eigenvalue weighted by Crippen LogP contribution is -2.25. The molecule has 12 nitrogen and oxygen atoms in total. The van der Waals surface area contributed by atoms with E-state index in [-0.39, 0.29) is 36.0 Å². The summed E-state index contributed by atoms with van der Waals surface area (Å²) in [5.74, 6) is -0.608. The minimum Gasteiger partial charge on any atom is -0.392 e. The number of aliphatic hydroxyl groups excluding tert-OH is 1. The highest BCUT2D eigenvalue weighted by atomic mass is 32.2. The third-order valence-corrected chi connectivity index (χ3v) is 8.07. The molecule has 0 bridgehead atoms. The molecule has 2 heterocycles. The van der Waals surface area contributed by atoms with Crippen molar-refractivity contribution in [2.45, 2.75) is 29.2 Å². The quantitative estimate of drug-likeness (QED) is 0.379. The average Bonchev–Trinajstić information content (AvgIpc) is 3.40. The largest absolute Gasteiger partial charge is 0.392 e. The van der Waals surface area contributed by atoms with Crippen LogP contribution >= 0.6 is 0 Å². The smallest absolute Gasteiger partial charge is 0.240 e. The van der Waals surface area contributed by atoms with Gasteiger partial charge >= 0.3 is 0 Å². The van der Waals surface area contributed by atoms with Crippen LogP contribution in [-0.2, 0) is 19.9 Å². The molecular formula is C19H21N7O5S2. The number of nitrogens with two attached hydrogens (primary N) is 2. The molecule has 0 saturated carbocycles. The number of aliphatic hydroxyl groups is 1. The molecule has 0 saturated heterocycles. The molecule has 0 unspecified atom stereocenters. The van der Waals surface area contributed by atoms with Crippen LogP contribution < -0.4 is 10.9 Å². The van der Waals surface area contributed by atoms with E-state index in [0.29, 0.717) is 16.6 Å². The van der Waals surface area contributed by atoms with Crippen molar-refractivity contribution in [3.8, 4) is 11.1 Å². The number of para-hydroxylation sites is 1. The Morgan fingerprint density at radius 2 is 1.91 bits per heavy atom. The van der Waals surface area contributed by atoms with Crippen LogP contribution in [0.1, 0.15) is 18.9 Å². The number of H-pyrrole nitrogens is 1. The van der Waals surface area contributed by atoms with Crippen molar-refractivity contribution < 1.29 is 21.9 Å². The van der Waals surface area contributed by atoms with Crippen molar-refractivity contribution in [3.05, 3.63) is 35.9 Å². The van der Waals surface area contributed by atoms with Gasteiger partial charge in [0.15, 0.2) is 28.3 Å². The lowest BCUT2D eigenvalue weighted by atomic mass is 9.97. The van der Waals surface area contributed by atoms with Gasteiger partial charge < -0.3 is 15.8 Å². The normalized spacial score (nSPS) is 15.2. The molecule has 0 spiro atoms. The number of nitrogens with zero attached hydrogens (tertiary/aromatic N) is 4. The Balaban J connectivity index is 2.11. The van der Waals surface area contributed by atoms with Gasteiger partial charge in [-0.1, -0.05) is 25.1 Å². The Labute approximate surface area is 189 Å². The Bertz CT molecular complexity index is 1530. The molecule has 4 rings (SSSR count). The van der Waals surface area contributed by atoms with E-state index in [1.54, 1.807) is 25.1 Å². The van der Waals surface area contributed by atoms with E-state index in [9.17, 15) is 21.9 Å². The molecule has 0 amide bonds. The first-order chi connectivity index (χ1) is 15.5. The monoisotopic (exact) mass is 491 g/mol. The van der Waals surface area contributed by atoms with E-state index in [1.807, 2.05) is 0 Å². The number of benzene rings is 2.